The summed E-state index contributed by atoms with van der Waals surface area (Å²) in [6, 6.07) is 4.17. The Morgan fingerprint density at radius 2 is 2.16 bits per heavy atom. The predicted octanol–water partition coefficient (Wildman–Crippen LogP) is 0.950. The van der Waals surface area contributed by atoms with Gasteiger partial charge in [0.1, 0.15) is 5.92 Å². The molecule has 0 aliphatic carbocycles. The van der Waals surface area contributed by atoms with Crippen LogP contribution in [0.5, 0.6) is 0 Å². The van der Waals surface area contributed by atoms with Gasteiger partial charge in [0.25, 0.3) is 5.91 Å². The number of anilines is 1. The number of nitrogens with one attached hydrogen (secondary N) is 1. The van der Waals surface area contributed by atoms with Crippen LogP contribution in [-0.2, 0) is 9.53 Å². The van der Waals surface area contributed by atoms with Gasteiger partial charge in [0.15, 0.2) is 0 Å². The number of nitrogens with two attached hydrogens (primary N) is 1. The summed E-state index contributed by atoms with van der Waals surface area (Å²) >= 11 is 5.87. The van der Waals surface area contributed by atoms with Gasteiger partial charge in [-0.2, -0.15) is 0 Å². The molecule has 1 aliphatic rings. The second kappa shape index (κ2) is 5.46. The summed E-state index contributed by atoms with van der Waals surface area (Å²) in [6.45, 7) is 0.390. The average Bonchev–Trinajstić information content (AvgIpc) is 2.76. The van der Waals surface area contributed by atoms with Crippen molar-refractivity contribution in [2.24, 2.45) is 11.7 Å². The van der Waals surface area contributed by atoms with E-state index >= 15 is 0 Å². The number of amides is 1. The van der Waals surface area contributed by atoms with Crippen molar-refractivity contribution in [1.29, 1.82) is 0 Å². The van der Waals surface area contributed by atoms with Gasteiger partial charge in [0.2, 0.25) is 0 Å². The fraction of sp³-hybridized carbons (Fsp3) is 0.333. The third-order valence-electron chi connectivity index (χ3n) is 2.99. The molecule has 1 aromatic rings. The van der Waals surface area contributed by atoms with Crippen molar-refractivity contribution in [1.82, 2.24) is 0 Å². The Labute approximate surface area is 114 Å². The molecule has 1 aromatic carbocycles. The van der Waals surface area contributed by atoms with Crippen LogP contribution < -0.4 is 11.1 Å². The van der Waals surface area contributed by atoms with Crippen molar-refractivity contribution in [3.63, 3.8) is 0 Å². The van der Waals surface area contributed by atoms with Gasteiger partial charge in [-0.25, -0.2) is 0 Å². The Kier molecular flexibility index (Phi) is 3.92. The standard InChI is InChI=1S/C12H13ClN2O4/c13-6-1-2-7(11(14)16)9(3-6)15-10-5-19-4-8(10)12(17)18/h1-3,8,10,15H,4-5H2,(H2,14,16)(H,17,18). The summed E-state index contributed by atoms with van der Waals surface area (Å²) < 4.78 is 5.14. The number of hydrogen-bond acceptors (Lipinski definition) is 4. The predicted molar refractivity (Wildman–Crippen MR) is 69.3 cm³/mol. The number of rotatable bonds is 4. The van der Waals surface area contributed by atoms with Crippen LogP contribution >= 0.6 is 11.6 Å². The zero-order chi connectivity index (χ0) is 14.0. The number of carbonyl (C=O) groups is 2. The lowest BCUT2D eigenvalue weighted by molar-refractivity contribution is -0.141. The molecular formula is C12H13ClN2O4. The van der Waals surface area contributed by atoms with Crippen LogP contribution in [0.4, 0.5) is 5.69 Å². The normalized spacial score (nSPS) is 22.2. The molecule has 1 amide bonds. The number of halogens is 1. The van der Waals surface area contributed by atoms with Gasteiger partial charge in [-0.15, -0.1) is 0 Å². The maximum absolute atomic E-state index is 11.3. The van der Waals surface area contributed by atoms with Crippen LogP contribution in [0.1, 0.15) is 10.4 Å². The Bertz CT molecular complexity index is 520. The van der Waals surface area contributed by atoms with Crippen LogP contribution in [0.25, 0.3) is 0 Å². The minimum atomic E-state index is -0.947. The lowest BCUT2D eigenvalue weighted by Gasteiger charge is -2.18. The molecule has 1 aliphatic heterocycles. The first-order valence-corrected chi connectivity index (χ1v) is 6.03. The Balaban J connectivity index is 2.25. The fourth-order valence-corrected chi connectivity index (χ4v) is 2.16. The number of aliphatic carboxylic acids is 1. The number of carboxylic acids is 1. The molecule has 6 nitrogen and oxygen atoms in total. The van der Waals surface area contributed by atoms with Crippen LogP contribution in [-0.4, -0.2) is 36.2 Å². The van der Waals surface area contributed by atoms with E-state index in [1.807, 2.05) is 0 Å². The number of carboxylic acid groups (broad SMARTS) is 1. The third-order valence-corrected chi connectivity index (χ3v) is 3.22. The summed E-state index contributed by atoms with van der Waals surface area (Å²) in [5.41, 5.74) is 5.95. The van der Waals surface area contributed by atoms with Crippen molar-refractivity contribution < 1.29 is 19.4 Å². The molecule has 1 fully saturated rings. The molecule has 7 heteroatoms. The van der Waals surface area contributed by atoms with Crippen LogP contribution in [0, 0.1) is 5.92 Å². The van der Waals surface area contributed by atoms with Crippen molar-refractivity contribution in [3.8, 4) is 0 Å². The third kappa shape index (κ3) is 2.97. The first kappa shape index (κ1) is 13.6. The Morgan fingerprint density at radius 3 is 2.79 bits per heavy atom. The van der Waals surface area contributed by atoms with Crippen LogP contribution in [0.15, 0.2) is 18.2 Å². The smallest absolute Gasteiger partial charge is 0.311 e. The lowest BCUT2D eigenvalue weighted by Crippen LogP contribution is -2.34. The number of primary amides is 1. The van der Waals surface area contributed by atoms with E-state index in [0.717, 1.165) is 0 Å². The summed E-state index contributed by atoms with van der Waals surface area (Å²) in [5, 5.41) is 12.5. The molecule has 0 spiro atoms. The molecule has 0 aromatic heterocycles. The summed E-state index contributed by atoms with van der Waals surface area (Å²) in [4.78, 5) is 22.4. The van der Waals surface area contributed by atoms with E-state index in [0.29, 0.717) is 10.7 Å². The van der Waals surface area contributed by atoms with Crippen LogP contribution in [0.2, 0.25) is 5.02 Å². The largest absolute Gasteiger partial charge is 0.481 e. The van der Waals surface area contributed by atoms with Crippen molar-refractivity contribution in [3.05, 3.63) is 28.8 Å². The number of benzene rings is 1. The maximum Gasteiger partial charge on any atom is 0.311 e. The topological polar surface area (TPSA) is 102 Å². The fourth-order valence-electron chi connectivity index (χ4n) is 1.99. The summed E-state index contributed by atoms with van der Waals surface area (Å²) in [7, 11) is 0. The van der Waals surface area contributed by atoms with E-state index in [9.17, 15) is 9.59 Å². The molecule has 2 atom stereocenters. The molecule has 19 heavy (non-hydrogen) atoms. The molecule has 4 N–H and O–H groups in total. The van der Waals surface area contributed by atoms with Gasteiger partial charge in [0, 0.05) is 10.7 Å². The maximum atomic E-state index is 11.3. The quantitative estimate of drug-likeness (QED) is 0.764. The highest BCUT2D eigenvalue weighted by Crippen LogP contribution is 2.25. The highest BCUT2D eigenvalue weighted by Gasteiger charge is 2.34. The van der Waals surface area contributed by atoms with Gasteiger partial charge in [0.05, 0.1) is 24.8 Å². The monoisotopic (exact) mass is 284 g/mol. The van der Waals surface area contributed by atoms with E-state index in [1.165, 1.54) is 6.07 Å². The molecule has 1 heterocycles. The molecule has 0 radical (unpaired) electrons. The second-order valence-electron chi connectivity index (χ2n) is 4.29. The zero-order valence-corrected chi connectivity index (χ0v) is 10.7. The van der Waals surface area contributed by atoms with Gasteiger partial charge in [-0.05, 0) is 18.2 Å². The Hall–Kier alpha value is -1.79. The van der Waals surface area contributed by atoms with Gasteiger partial charge < -0.3 is 20.9 Å². The van der Waals surface area contributed by atoms with E-state index in [2.05, 4.69) is 5.32 Å². The minimum Gasteiger partial charge on any atom is -0.481 e. The molecule has 102 valence electrons. The number of carbonyl (C=O) groups excluding carboxylic acids is 1. The first-order chi connectivity index (χ1) is 8.99. The minimum absolute atomic E-state index is 0.138. The molecule has 0 bridgehead atoms. The summed E-state index contributed by atoms with van der Waals surface area (Å²) in [5.74, 6) is -2.22. The molecule has 2 rings (SSSR count). The first-order valence-electron chi connectivity index (χ1n) is 5.65. The highest BCUT2D eigenvalue weighted by molar-refractivity contribution is 6.31. The average molecular weight is 285 g/mol. The van der Waals surface area contributed by atoms with Gasteiger partial charge in [-0.1, -0.05) is 11.6 Å². The van der Waals surface area contributed by atoms with Crippen molar-refractivity contribution >= 4 is 29.2 Å². The molecular weight excluding hydrogens is 272 g/mol. The van der Waals surface area contributed by atoms with E-state index in [4.69, 9.17) is 27.2 Å². The summed E-state index contributed by atoms with van der Waals surface area (Å²) in [6.07, 6.45) is 0. The number of hydrogen-bond donors (Lipinski definition) is 3. The lowest BCUT2D eigenvalue weighted by atomic mass is 10.0. The van der Waals surface area contributed by atoms with Crippen molar-refractivity contribution in [2.45, 2.75) is 6.04 Å². The van der Waals surface area contributed by atoms with Crippen molar-refractivity contribution in [2.75, 3.05) is 18.5 Å². The van der Waals surface area contributed by atoms with E-state index < -0.39 is 23.8 Å². The zero-order valence-electron chi connectivity index (χ0n) is 9.93. The molecule has 0 saturated carbocycles. The molecule has 2 unspecified atom stereocenters. The van der Waals surface area contributed by atoms with Gasteiger partial charge >= 0.3 is 5.97 Å². The molecule has 1 saturated heterocycles. The van der Waals surface area contributed by atoms with E-state index in [-0.39, 0.29) is 18.8 Å². The number of ether oxygens (including phenoxy) is 1. The van der Waals surface area contributed by atoms with Crippen LogP contribution in [0.3, 0.4) is 0 Å². The highest BCUT2D eigenvalue weighted by atomic mass is 35.5. The Morgan fingerprint density at radius 1 is 1.42 bits per heavy atom. The van der Waals surface area contributed by atoms with E-state index in [1.54, 1.807) is 12.1 Å². The second-order valence-corrected chi connectivity index (χ2v) is 4.72. The SMILES string of the molecule is NC(=O)c1ccc(Cl)cc1NC1COCC1C(=O)O. The van der Waals surface area contributed by atoms with Gasteiger partial charge in [-0.3, -0.25) is 9.59 Å².